The molecule has 0 aliphatic rings. The predicted molar refractivity (Wildman–Crippen MR) is 89.1 cm³/mol. The van der Waals surface area contributed by atoms with E-state index in [1.807, 2.05) is 0 Å². The Bertz CT molecular complexity index is 680. The molecular weight excluding hydrogens is 379 g/mol. The summed E-state index contributed by atoms with van der Waals surface area (Å²) in [5.74, 6) is 0.0744. The standard InChI is InChI=1S/C14H11BrCl2N2O2/c15-8-1-3-10(17)13(5-8)21-7-14(20)19-12-4-2-9(16)6-11(12)18/h1-6H,7,18H2,(H,19,20). The van der Waals surface area contributed by atoms with Gasteiger partial charge in [0.05, 0.1) is 16.4 Å². The van der Waals surface area contributed by atoms with Crippen molar-refractivity contribution in [3.05, 3.63) is 50.9 Å². The van der Waals surface area contributed by atoms with Crippen LogP contribution >= 0.6 is 39.1 Å². The average molecular weight is 390 g/mol. The van der Waals surface area contributed by atoms with E-state index in [0.717, 1.165) is 4.47 Å². The van der Waals surface area contributed by atoms with Gasteiger partial charge in [-0.05, 0) is 36.4 Å². The Morgan fingerprint density at radius 3 is 2.71 bits per heavy atom. The molecule has 2 aromatic rings. The number of anilines is 2. The van der Waals surface area contributed by atoms with Gasteiger partial charge in [-0.2, -0.15) is 0 Å². The topological polar surface area (TPSA) is 64.3 Å². The van der Waals surface area contributed by atoms with Gasteiger partial charge in [0, 0.05) is 9.50 Å². The fourth-order valence-corrected chi connectivity index (χ4v) is 2.26. The summed E-state index contributed by atoms with van der Waals surface area (Å²) in [6.07, 6.45) is 0. The molecule has 0 spiro atoms. The van der Waals surface area contributed by atoms with E-state index in [1.54, 1.807) is 36.4 Å². The third-order valence-electron chi connectivity index (χ3n) is 2.54. The maximum Gasteiger partial charge on any atom is 0.262 e. The number of carbonyl (C=O) groups is 1. The van der Waals surface area contributed by atoms with Gasteiger partial charge >= 0.3 is 0 Å². The lowest BCUT2D eigenvalue weighted by atomic mass is 10.2. The molecule has 2 rings (SSSR count). The van der Waals surface area contributed by atoms with Crippen LogP contribution in [0.15, 0.2) is 40.9 Å². The van der Waals surface area contributed by atoms with Crippen LogP contribution in [0.5, 0.6) is 5.75 Å². The van der Waals surface area contributed by atoms with E-state index in [0.29, 0.717) is 27.2 Å². The zero-order valence-corrected chi connectivity index (χ0v) is 13.8. The quantitative estimate of drug-likeness (QED) is 0.763. The van der Waals surface area contributed by atoms with Crippen LogP contribution in [0.25, 0.3) is 0 Å². The number of amides is 1. The normalized spacial score (nSPS) is 10.2. The van der Waals surface area contributed by atoms with E-state index in [9.17, 15) is 4.79 Å². The number of ether oxygens (including phenoxy) is 1. The van der Waals surface area contributed by atoms with Crippen LogP contribution in [0.4, 0.5) is 11.4 Å². The summed E-state index contributed by atoms with van der Waals surface area (Å²) in [6.45, 7) is -0.182. The fourth-order valence-electron chi connectivity index (χ4n) is 1.56. The molecule has 0 bridgehead atoms. The largest absolute Gasteiger partial charge is 0.482 e. The molecule has 4 nitrogen and oxygen atoms in total. The van der Waals surface area contributed by atoms with Crippen LogP contribution in [0.1, 0.15) is 0 Å². The molecule has 0 heterocycles. The van der Waals surface area contributed by atoms with E-state index in [-0.39, 0.29) is 12.5 Å². The van der Waals surface area contributed by atoms with Crippen molar-refractivity contribution in [1.29, 1.82) is 0 Å². The number of carbonyl (C=O) groups excluding carboxylic acids is 1. The first-order valence-corrected chi connectivity index (χ1v) is 7.43. The van der Waals surface area contributed by atoms with Crippen LogP contribution in [-0.4, -0.2) is 12.5 Å². The fraction of sp³-hybridized carbons (Fsp3) is 0.0714. The molecule has 7 heteroatoms. The molecule has 3 N–H and O–H groups in total. The summed E-state index contributed by atoms with van der Waals surface area (Å²) in [5.41, 5.74) is 6.62. The molecule has 2 aromatic carbocycles. The number of rotatable bonds is 4. The third kappa shape index (κ3) is 4.52. The predicted octanol–water partition coefficient (Wildman–Crippen LogP) is 4.36. The minimum Gasteiger partial charge on any atom is -0.482 e. The second-order valence-electron chi connectivity index (χ2n) is 4.14. The Morgan fingerprint density at radius 2 is 2.00 bits per heavy atom. The van der Waals surface area contributed by atoms with Gasteiger partial charge in [-0.25, -0.2) is 0 Å². The number of benzene rings is 2. The van der Waals surface area contributed by atoms with Crippen molar-refractivity contribution in [1.82, 2.24) is 0 Å². The molecule has 0 aromatic heterocycles. The van der Waals surface area contributed by atoms with E-state index >= 15 is 0 Å². The monoisotopic (exact) mass is 388 g/mol. The van der Waals surface area contributed by atoms with Gasteiger partial charge in [-0.1, -0.05) is 39.1 Å². The molecule has 0 aliphatic heterocycles. The van der Waals surface area contributed by atoms with Crippen LogP contribution in [0.2, 0.25) is 10.0 Å². The van der Waals surface area contributed by atoms with Gasteiger partial charge in [0.15, 0.2) is 6.61 Å². The first-order chi connectivity index (χ1) is 9.95. The SMILES string of the molecule is Nc1cc(Cl)ccc1NC(=O)COc1cc(Br)ccc1Cl. The first-order valence-electron chi connectivity index (χ1n) is 5.88. The number of nitrogens with two attached hydrogens (primary N) is 1. The van der Waals surface area contributed by atoms with Crippen LogP contribution in [-0.2, 0) is 4.79 Å². The molecule has 21 heavy (non-hydrogen) atoms. The highest BCUT2D eigenvalue weighted by molar-refractivity contribution is 9.10. The molecule has 0 atom stereocenters. The van der Waals surface area contributed by atoms with Gasteiger partial charge in [0.1, 0.15) is 5.75 Å². The molecule has 0 saturated carbocycles. The van der Waals surface area contributed by atoms with Gasteiger partial charge < -0.3 is 15.8 Å². The molecule has 0 fully saturated rings. The van der Waals surface area contributed by atoms with Crippen molar-refractivity contribution >= 4 is 56.4 Å². The third-order valence-corrected chi connectivity index (χ3v) is 3.58. The smallest absolute Gasteiger partial charge is 0.262 e. The van der Waals surface area contributed by atoms with Gasteiger partial charge in [-0.15, -0.1) is 0 Å². The molecule has 0 aliphatic carbocycles. The lowest BCUT2D eigenvalue weighted by Gasteiger charge is -2.10. The van der Waals surface area contributed by atoms with Crippen molar-refractivity contribution in [2.75, 3.05) is 17.7 Å². The Labute approximate surface area is 140 Å². The summed E-state index contributed by atoms with van der Waals surface area (Å²) in [7, 11) is 0. The second-order valence-corrected chi connectivity index (χ2v) is 5.90. The maximum absolute atomic E-state index is 11.8. The van der Waals surface area contributed by atoms with Crippen molar-refractivity contribution in [3.63, 3.8) is 0 Å². The first kappa shape index (κ1) is 15.9. The number of hydrogen-bond donors (Lipinski definition) is 2. The molecule has 0 radical (unpaired) electrons. The summed E-state index contributed by atoms with van der Waals surface area (Å²) in [4.78, 5) is 11.8. The highest BCUT2D eigenvalue weighted by atomic mass is 79.9. The molecule has 0 unspecified atom stereocenters. The van der Waals surface area contributed by atoms with Crippen molar-refractivity contribution < 1.29 is 9.53 Å². The Balaban J connectivity index is 1.97. The molecule has 0 saturated heterocycles. The average Bonchev–Trinajstić information content (AvgIpc) is 2.43. The van der Waals surface area contributed by atoms with E-state index in [2.05, 4.69) is 21.2 Å². The summed E-state index contributed by atoms with van der Waals surface area (Å²) >= 11 is 15.1. The highest BCUT2D eigenvalue weighted by Gasteiger charge is 2.09. The Kier molecular flexibility index (Phi) is 5.33. The summed E-state index contributed by atoms with van der Waals surface area (Å²) < 4.78 is 6.18. The van der Waals surface area contributed by atoms with E-state index < -0.39 is 0 Å². The van der Waals surface area contributed by atoms with E-state index in [1.165, 1.54) is 0 Å². The lowest BCUT2D eigenvalue weighted by molar-refractivity contribution is -0.118. The van der Waals surface area contributed by atoms with Gasteiger partial charge in [-0.3, -0.25) is 4.79 Å². The second kappa shape index (κ2) is 7.02. The zero-order valence-electron chi connectivity index (χ0n) is 10.7. The van der Waals surface area contributed by atoms with Crippen molar-refractivity contribution in [2.24, 2.45) is 0 Å². The number of nitrogen functional groups attached to an aromatic ring is 1. The minimum atomic E-state index is -0.347. The Hall–Kier alpha value is -1.43. The summed E-state index contributed by atoms with van der Waals surface area (Å²) in [5, 5.41) is 3.57. The van der Waals surface area contributed by atoms with Crippen molar-refractivity contribution in [2.45, 2.75) is 0 Å². The lowest BCUT2D eigenvalue weighted by Crippen LogP contribution is -2.20. The van der Waals surface area contributed by atoms with E-state index in [4.69, 9.17) is 33.7 Å². The van der Waals surface area contributed by atoms with Gasteiger partial charge in [0.2, 0.25) is 0 Å². The summed E-state index contributed by atoms with van der Waals surface area (Å²) in [6, 6.07) is 9.97. The molecule has 110 valence electrons. The number of halogens is 3. The van der Waals surface area contributed by atoms with Gasteiger partial charge in [0.25, 0.3) is 5.91 Å². The Morgan fingerprint density at radius 1 is 1.24 bits per heavy atom. The van der Waals surface area contributed by atoms with Crippen molar-refractivity contribution in [3.8, 4) is 5.75 Å². The highest BCUT2D eigenvalue weighted by Crippen LogP contribution is 2.28. The maximum atomic E-state index is 11.8. The van der Waals surface area contributed by atoms with Crippen LogP contribution in [0.3, 0.4) is 0 Å². The van der Waals surface area contributed by atoms with Crippen LogP contribution < -0.4 is 15.8 Å². The molecular formula is C14H11BrCl2N2O2. The number of nitrogens with one attached hydrogen (secondary N) is 1. The van der Waals surface area contributed by atoms with Crippen LogP contribution in [0, 0.1) is 0 Å². The number of hydrogen-bond acceptors (Lipinski definition) is 3. The zero-order chi connectivity index (χ0) is 15.4. The molecule has 1 amide bonds. The minimum absolute atomic E-state index is 0.182.